The molecular formula is C17H18ClF3O4. The largest absolute Gasteiger partial charge is 0.492 e. The van der Waals surface area contributed by atoms with Crippen LogP contribution in [0.4, 0.5) is 13.2 Å². The number of ether oxygens (including phenoxy) is 2. The van der Waals surface area contributed by atoms with Gasteiger partial charge >= 0.3 is 12.1 Å². The highest BCUT2D eigenvalue weighted by atomic mass is 35.5. The first kappa shape index (κ1) is 19.4. The predicted molar refractivity (Wildman–Crippen MR) is 87.2 cm³/mol. The molecule has 0 aromatic heterocycles. The smallest absolute Gasteiger partial charge is 0.430 e. The minimum absolute atomic E-state index is 0.111. The number of carboxylic acids is 1. The molecule has 0 bridgehead atoms. The average molecular weight is 379 g/mol. The van der Waals surface area contributed by atoms with Crippen molar-refractivity contribution in [3.63, 3.8) is 0 Å². The third-order valence-electron chi connectivity index (χ3n) is 3.70. The lowest BCUT2D eigenvalue weighted by molar-refractivity contribution is -0.187. The van der Waals surface area contributed by atoms with Crippen molar-refractivity contribution in [2.45, 2.75) is 44.9 Å². The number of aliphatic carboxylic acids is 1. The number of rotatable bonds is 7. The molecule has 1 aromatic rings. The van der Waals surface area contributed by atoms with E-state index in [2.05, 4.69) is 6.92 Å². The maximum atomic E-state index is 13.1. The zero-order valence-corrected chi connectivity index (χ0v) is 14.3. The molecule has 1 aromatic carbocycles. The summed E-state index contributed by atoms with van der Waals surface area (Å²) in [7, 11) is 0. The van der Waals surface area contributed by atoms with Crippen molar-refractivity contribution < 1.29 is 32.5 Å². The third-order valence-corrected chi connectivity index (χ3v) is 4.00. The molecule has 25 heavy (non-hydrogen) atoms. The summed E-state index contributed by atoms with van der Waals surface area (Å²) in [6.07, 6.45) is -2.52. The first-order valence-electron chi connectivity index (χ1n) is 7.88. The van der Waals surface area contributed by atoms with Gasteiger partial charge in [-0.2, -0.15) is 13.2 Å². The number of unbranched alkanes of at least 4 members (excludes halogenated alkanes) is 3. The fourth-order valence-corrected chi connectivity index (χ4v) is 2.66. The Morgan fingerprint density at radius 2 is 2.04 bits per heavy atom. The van der Waals surface area contributed by atoms with Crippen molar-refractivity contribution >= 4 is 23.6 Å². The Morgan fingerprint density at radius 3 is 2.64 bits per heavy atom. The predicted octanol–water partition coefficient (Wildman–Crippen LogP) is 5.09. The molecule has 0 radical (unpaired) electrons. The van der Waals surface area contributed by atoms with E-state index >= 15 is 0 Å². The number of fused-ring (bicyclic) bond motifs is 1. The topological polar surface area (TPSA) is 55.8 Å². The van der Waals surface area contributed by atoms with Gasteiger partial charge in [0.25, 0.3) is 0 Å². The van der Waals surface area contributed by atoms with Gasteiger partial charge in [-0.1, -0.05) is 37.8 Å². The Kier molecular flexibility index (Phi) is 6.21. The molecule has 0 saturated carbocycles. The molecule has 1 N–H and O–H groups in total. The Labute approximate surface area is 148 Å². The lowest BCUT2D eigenvalue weighted by Gasteiger charge is -2.27. The van der Waals surface area contributed by atoms with Crippen LogP contribution in [0, 0.1) is 0 Å². The molecule has 2 rings (SSSR count). The van der Waals surface area contributed by atoms with Crippen molar-refractivity contribution in [3.05, 3.63) is 28.3 Å². The van der Waals surface area contributed by atoms with Gasteiger partial charge in [0.2, 0.25) is 6.10 Å². The van der Waals surface area contributed by atoms with Crippen LogP contribution in [0.25, 0.3) is 6.08 Å². The van der Waals surface area contributed by atoms with E-state index in [1.165, 1.54) is 12.1 Å². The van der Waals surface area contributed by atoms with Crippen LogP contribution in [0.5, 0.6) is 11.5 Å². The molecule has 1 unspecified atom stereocenters. The van der Waals surface area contributed by atoms with Gasteiger partial charge in [0.1, 0.15) is 11.5 Å². The molecule has 0 saturated heterocycles. The van der Waals surface area contributed by atoms with Crippen LogP contribution >= 0.6 is 11.6 Å². The van der Waals surface area contributed by atoms with Crippen LogP contribution in [0.2, 0.25) is 5.02 Å². The van der Waals surface area contributed by atoms with Crippen LogP contribution in [0.15, 0.2) is 17.7 Å². The molecule has 138 valence electrons. The summed E-state index contributed by atoms with van der Waals surface area (Å²) in [6, 6.07) is 2.61. The number of hydrogen-bond donors (Lipinski definition) is 1. The second kappa shape index (κ2) is 7.99. The highest BCUT2D eigenvalue weighted by Crippen LogP contribution is 2.41. The Morgan fingerprint density at radius 1 is 1.32 bits per heavy atom. The number of alkyl halides is 3. The van der Waals surface area contributed by atoms with Crippen LogP contribution in [-0.4, -0.2) is 30.0 Å². The molecule has 0 amide bonds. The second-order valence-corrected chi connectivity index (χ2v) is 6.08. The van der Waals surface area contributed by atoms with Gasteiger partial charge in [-0.25, -0.2) is 4.79 Å². The summed E-state index contributed by atoms with van der Waals surface area (Å²) < 4.78 is 49.6. The van der Waals surface area contributed by atoms with Gasteiger partial charge in [0, 0.05) is 11.6 Å². The van der Waals surface area contributed by atoms with Crippen molar-refractivity contribution in [2.24, 2.45) is 0 Å². The minimum Gasteiger partial charge on any atom is -0.492 e. The van der Waals surface area contributed by atoms with Gasteiger partial charge < -0.3 is 14.6 Å². The zero-order valence-electron chi connectivity index (χ0n) is 13.5. The molecule has 1 atom stereocenters. The molecule has 0 fully saturated rings. The van der Waals surface area contributed by atoms with E-state index < -0.39 is 23.8 Å². The Balaban J connectivity index is 2.23. The summed E-state index contributed by atoms with van der Waals surface area (Å²) in [4.78, 5) is 11.1. The summed E-state index contributed by atoms with van der Waals surface area (Å²) in [5, 5.41) is 9.19. The van der Waals surface area contributed by atoms with Crippen LogP contribution < -0.4 is 9.47 Å². The van der Waals surface area contributed by atoms with Crippen molar-refractivity contribution in [1.82, 2.24) is 0 Å². The molecule has 8 heteroatoms. The lowest BCUT2D eigenvalue weighted by Crippen LogP contribution is -2.40. The summed E-state index contributed by atoms with van der Waals surface area (Å²) >= 11 is 6.08. The van der Waals surface area contributed by atoms with Gasteiger partial charge in [0.05, 0.1) is 17.2 Å². The van der Waals surface area contributed by atoms with Crippen molar-refractivity contribution in [2.75, 3.05) is 6.61 Å². The van der Waals surface area contributed by atoms with E-state index in [0.29, 0.717) is 6.61 Å². The molecule has 0 aliphatic carbocycles. The number of carbonyl (C=O) groups is 1. The van der Waals surface area contributed by atoms with Gasteiger partial charge in [0.15, 0.2) is 0 Å². The highest BCUT2D eigenvalue weighted by molar-refractivity contribution is 6.32. The Hall–Kier alpha value is -1.89. The van der Waals surface area contributed by atoms with E-state index in [4.69, 9.17) is 26.2 Å². The standard InChI is InChI=1S/C17H18ClF3O4/c1-2-3-4-5-6-24-14-9-13-10(8-12(14)18)7-11(16(22)23)15(25-13)17(19,20)21/h7-9,15H,2-6H2,1H3,(H,22,23). The summed E-state index contributed by atoms with van der Waals surface area (Å²) in [5.41, 5.74) is -0.717. The maximum Gasteiger partial charge on any atom is 0.430 e. The third kappa shape index (κ3) is 4.81. The fourth-order valence-electron chi connectivity index (χ4n) is 2.44. The summed E-state index contributed by atoms with van der Waals surface area (Å²) in [6.45, 7) is 2.46. The lowest BCUT2D eigenvalue weighted by atomic mass is 10.0. The molecular weight excluding hydrogens is 361 g/mol. The van der Waals surface area contributed by atoms with E-state index in [1.54, 1.807) is 0 Å². The normalized spacial score (nSPS) is 16.7. The molecule has 0 spiro atoms. The average Bonchev–Trinajstić information content (AvgIpc) is 2.52. The van der Waals surface area contributed by atoms with Crippen molar-refractivity contribution in [1.29, 1.82) is 0 Å². The van der Waals surface area contributed by atoms with Gasteiger partial charge in [-0.15, -0.1) is 0 Å². The number of hydrogen-bond acceptors (Lipinski definition) is 3. The van der Waals surface area contributed by atoms with E-state index in [9.17, 15) is 18.0 Å². The van der Waals surface area contributed by atoms with Crippen molar-refractivity contribution in [3.8, 4) is 11.5 Å². The summed E-state index contributed by atoms with van der Waals surface area (Å²) in [5.74, 6) is -1.59. The SMILES string of the molecule is CCCCCCOc1cc2c(cc1Cl)C=C(C(=O)O)C(C(F)(F)F)O2. The Bertz CT molecular complexity index is 671. The highest BCUT2D eigenvalue weighted by Gasteiger charge is 2.48. The molecule has 4 nitrogen and oxygen atoms in total. The molecule has 1 aliphatic heterocycles. The number of halogens is 4. The molecule has 1 heterocycles. The van der Waals surface area contributed by atoms with E-state index in [-0.39, 0.29) is 22.1 Å². The second-order valence-electron chi connectivity index (χ2n) is 5.67. The zero-order chi connectivity index (χ0) is 18.6. The first-order valence-corrected chi connectivity index (χ1v) is 8.26. The number of carboxylic acid groups (broad SMARTS) is 1. The van der Waals surface area contributed by atoms with Crippen LogP contribution in [0.1, 0.15) is 38.2 Å². The van der Waals surface area contributed by atoms with Crippen LogP contribution in [-0.2, 0) is 4.79 Å². The fraction of sp³-hybridized carbons (Fsp3) is 0.471. The van der Waals surface area contributed by atoms with Crippen LogP contribution in [0.3, 0.4) is 0 Å². The van der Waals surface area contributed by atoms with Gasteiger partial charge in [-0.05, 0) is 18.6 Å². The quantitative estimate of drug-likeness (QED) is 0.671. The monoisotopic (exact) mass is 378 g/mol. The molecule has 1 aliphatic rings. The number of benzene rings is 1. The maximum absolute atomic E-state index is 13.1. The van der Waals surface area contributed by atoms with E-state index in [0.717, 1.165) is 31.8 Å². The first-order chi connectivity index (χ1) is 11.7. The minimum atomic E-state index is -4.84. The van der Waals surface area contributed by atoms with E-state index in [1.807, 2.05) is 0 Å². The van der Waals surface area contributed by atoms with Gasteiger partial charge in [-0.3, -0.25) is 0 Å².